The molecule has 0 fully saturated rings. The van der Waals surface area contributed by atoms with E-state index in [9.17, 15) is 13.2 Å². The van der Waals surface area contributed by atoms with E-state index < -0.39 is 12.6 Å². The molecule has 0 atom stereocenters. The highest BCUT2D eigenvalue weighted by atomic mass is 19.4. The van der Waals surface area contributed by atoms with Crippen molar-refractivity contribution in [3.05, 3.63) is 66.0 Å². The average molecular weight is 527 g/mol. The zero-order valence-electron chi connectivity index (χ0n) is 21.6. The number of benzene rings is 1. The number of rotatable bonds is 8. The van der Waals surface area contributed by atoms with Gasteiger partial charge < -0.3 is 20.7 Å². The van der Waals surface area contributed by atoms with Crippen molar-refractivity contribution in [1.82, 2.24) is 24.6 Å². The van der Waals surface area contributed by atoms with Crippen LogP contribution in [-0.4, -0.2) is 57.7 Å². The largest absolute Gasteiger partial charge is 0.497 e. The van der Waals surface area contributed by atoms with Crippen LogP contribution in [0, 0.1) is 6.92 Å². The van der Waals surface area contributed by atoms with Gasteiger partial charge >= 0.3 is 6.18 Å². The van der Waals surface area contributed by atoms with Crippen molar-refractivity contribution >= 4 is 22.9 Å². The van der Waals surface area contributed by atoms with Gasteiger partial charge in [-0.25, -0.2) is 15.0 Å². The van der Waals surface area contributed by atoms with Crippen LogP contribution >= 0.6 is 0 Å². The number of aromatic nitrogens is 4. The first kappa shape index (κ1) is 26.7. The van der Waals surface area contributed by atoms with Gasteiger partial charge in [0.25, 0.3) is 0 Å². The van der Waals surface area contributed by atoms with Crippen molar-refractivity contribution in [2.75, 3.05) is 32.3 Å². The molecule has 0 aliphatic carbocycles. The second-order valence-corrected chi connectivity index (χ2v) is 8.81. The van der Waals surface area contributed by atoms with E-state index in [1.54, 1.807) is 26.4 Å². The number of hydrogen-bond acceptors (Lipinski definition) is 8. The van der Waals surface area contributed by atoms with Crippen LogP contribution in [0.15, 0.2) is 54.1 Å². The number of halogens is 3. The summed E-state index contributed by atoms with van der Waals surface area (Å²) in [6, 6.07) is 5.67. The van der Waals surface area contributed by atoms with Gasteiger partial charge in [0, 0.05) is 61.8 Å². The van der Waals surface area contributed by atoms with Crippen LogP contribution in [0.3, 0.4) is 0 Å². The van der Waals surface area contributed by atoms with Gasteiger partial charge in [-0.05, 0) is 25.5 Å². The van der Waals surface area contributed by atoms with E-state index in [4.69, 9.17) is 20.4 Å². The standard InChI is InChI=1S/C26H29F3N8O/c1-15-20(12-33-37(15)8-6-7-26(27,28)29)21-13-32-25(30)24(34-21)22-14-36(4)16(2)23(35-22)17-9-18(31-3)11-19(10-17)38-5/h9-14,31H,2,6-8H2,1,3-5H3,(H2,30,32). The first-order valence-corrected chi connectivity index (χ1v) is 11.8. The summed E-state index contributed by atoms with van der Waals surface area (Å²) < 4.78 is 44.7. The molecular formula is C26H29F3N8O. The van der Waals surface area contributed by atoms with Gasteiger partial charge in [-0.3, -0.25) is 4.68 Å². The number of allylic oxidation sites excluding steroid dienone is 1. The zero-order chi connectivity index (χ0) is 27.6. The Morgan fingerprint density at radius 1 is 1.18 bits per heavy atom. The smallest absolute Gasteiger partial charge is 0.389 e. The van der Waals surface area contributed by atoms with Crippen molar-refractivity contribution in [1.29, 1.82) is 0 Å². The second-order valence-electron chi connectivity index (χ2n) is 8.81. The number of aryl methyl sites for hydroxylation is 1. The zero-order valence-corrected chi connectivity index (χ0v) is 21.6. The maximum absolute atomic E-state index is 12.6. The van der Waals surface area contributed by atoms with Crippen LogP contribution in [0.4, 0.5) is 24.7 Å². The Morgan fingerprint density at radius 2 is 1.95 bits per heavy atom. The number of methoxy groups -OCH3 is 1. The van der Waals surface area contributed by atoms with Crippen LogP contribution in [0.25, 0.3) is 17.0 Å². The monoisotopic (exact) mass is 526 g/mol. The van der Waals surface area contributed by atoms with Crippen molar-refractivity contribution in [3.63, 3.8) is 0 Å². The quantitative estimate of drug-likeness (QED) is 0.431. The Morgan fingerprint density at radius 3 is 2.63 bits per heavy atom. The summed E-state index contributed by atoms with van der Waals surface area (Å²) in [6.07, 6.45) is -0.288. The Balaban J connectivity index is 1.70. The molecule has 0 unspecified atom stereocenters. The normalized spacial score (nSPS) is 13.9. The van der Waals surface area contributed by atoms with Crippen molar-refractivity contribution < 1.29 is 17.9 Å². The van der Waals surface area contributed by atoms with Crippen molar-refractivity contribution in [3.8, 4) is 17.0 Å². The van der Waals surface area contributed by atoms with Crippen LogP contribution in [0.1, 0.15) is 29.8 Å². The van der Waals surface area contributed by atoms with Crippen LogP contribution in [0.2, 0.25) is 0 Å². The van der Waals surface area contributed by atoms with Gasteiger partial charge in [-0.2, -0.15) is 18.3 Å². The molecule has 38 heavy (non-hydrogen) atoms. The molecule has 4 rings (SSSR count). The Bertz CT molecular complexity index is 1400. The topological polar surface area (TPSA) is 106 Å². The van der Waals surface area contributed by atoms with Crippen LogP contribution in [0.5, 0.6) is 5.75 Å². The van der Waals surface area contributed by atoms with Crippen LogP contribution < -0.4 is 15.8 Å². The molecule has 0 saturated carbocycles. The first-order chi connectivity index (χ1) is 18.0. The number of likely N-dealkylation sites (N-methyl/N-ethyl adjacent to an activating group) is 1. The fourth-order valence-electron chi connectivity index (χ4n) is 4.05. The summed E-state index contributed by atoms with van der Waals surface area (Å²) in [5, 5.41) is 7.37. The van der Waals surface area contributed by atoms with E-state index in [0.717, 1.165) is 11.3 Å². The van der Waals surface area contributed by atoms with Gasteiger partial charge in [-0.1, -0.05) is 6.58 Å². The lowest BCUT2D eigenvalue weighted by atomic mass is 10.0. The Labute approximate surface area is 218 Å². The predicted octanol–water partition coefficient (Wildman–Crippen LogP) is 4.87. The maximum atomic E-state index is 12.6. The highest BCUT2D eigenvalue weighted by molar-refractivity contribution is 6.15. The number of alkyl halides is 3. The molecule has 1 aliphatic heterocycles. The molecule has 200 valence electrons. The molecule has 9 nitrogen and oxygen atoms in total. The number of hydrogen-bond donors (Lipinski definition) is 2. The third-order valence-electron chi connectivity index (χ3n) is 6.20. The number of ether oxygens (including phenoxy) is 1. The molecule has 0 bridgehead atoms. The summed E-state index contributed by atoms with van der Waals surface area (Å²) in [6.45, 7) is 6.10. The fraction of sp³-hybridized carbons (Fsp3) is 0.308. The summed E-state index contributed by atoms with van der Waals surface area (Å²) in [5.41, 5.74) is 11.8. The molecule has 1 aliphatic rings. The van der Waals surface area contributed by atoms with Crippen molar-refractivity contribution in [2.45, 2.75) is 32.5 Å². The summed E-state index contributed by atoms with van der Waals surface area (Å²) in [4.78, 5) is 15.7. The highest BCUT2D eigenvalue weighted by Crippen LogP contribution is 2.32. The average Bonchev–Trinajstić information content (AvgIpc) is 3.24. The van der Waals surface area contributed by atoms with E-state index in [-0.39, 0.29) is 18.8 Å². The van der Waals surface area contributed by atoms with Gasteiger partial charge in [0.1, 0.15) is 17.1 Å². The van der Waals surface area contributed by atoms with E-state index in [1.807, 2.05) is 37.2 Å². The van der Waals surface area contributed by atoms with Gasteiger partial charge in [0.05, 0.1) is 36.6 Å². The minimum Gasteiger partial charge on any atom is -0.497 e. The van der Waals surface area contributed by atoms with Crippen LogP contribution in [-0.2, 0) is 6.54 Å². The van der Waals surface area contributed by atoms with E-state index in [0.29, 0.717) is 45.5 Å². The second kappa shape index (κ2) is 10.6. The Hall–Kier alpha value is -4.35. The number of nitrogens with two attached hydrogens (primary N) is 1. The number of anilines is 2. The van der Waals surface area contributed by atoms with E-state index in [2.05, 4.69) is 22.0 Å². The summed E-state index contributed by atoms with van der Waals surface area (Å²) >= 11 is 0. The minimum absolute atomic E-state index is 0.0652. The molecule has 3 heterocycles. The highest BCUT2D eigenvalue weighted by Gasteiger charge is 2.26. The molecular weight excluding hydrogens is 497 g/mol. The number of nitrogen functional groups attached to an aromatic ring is 1. The lowest BCUT2D eigenvalue weighted by Crippen LogP contribution is -2.23. The molecule has 1 aromatic carbocycles. The lowest BCUT2D eigenvalue weighted by Gasteiger charge is -2.25. The molecule has 0 spiro atoms. The molecule has 12 heteroatoms. The predicted molar refractivity (Wildman–Crippen MR) is 142 cm³/mol. The number of nitrogens with zero attached hydrogens (tertiary/aromatic N) is 6. The van der Waals surface area contributed by atoms with Gasteiger partial charge in [0.2, 0.25) is 0 Å². The SMILES string of the molecule is C=C1C(c2cc(NC)cc(OC)c2)=NC(c2nc(-c3cnn(CCCC(F)(F)F)c3C)cnc2N)=CN1C. The lowest BCUT2D eigenvalue weighted by molar-refractivity contribution is -0.136. The maximum Gasteiger partial charge on any atom is 0.389 e. The number of aliphatic imine (C=N–C) groups is 1. The summed E-state index contributed by atoms with van der Waals surface area (Å²) in [5.74, 6) is 0.839. The fourth-order valence-corrected chi connectivity index (χ4v) is 4.05. The molecule has 2 aromatic heterocycles. The molecule has 0 amide bonds. The minimum atomic E-state index is -4.20. The van der Waals surface area contributed by atoms with Gasteiger partial charge in [-0.15, -0.1) is 0 Å². The molecule has 3 N–H and O–H groups in total. The number of nitrogens with one attached hydrogen (secondary N) is 1. The Kier molecular flexibility index (Phi) is 7.42. The third-order valence-corrected chi connectivity index (χ3v) is 6.20. The molecule has 0 radical (unpaired) electrons. The molecule has 0 saturated heterocycles. The van der Waals surface area contributed by atoms with Gasteiger partial charge in [0.15, 0.2) is 5.82 Å². The first-order valence-electron chi connectivity index (χ1n) is 11.8. The third kappa shape index (κ3) is 5.63. The van der Waals surface area contributed by atoms with Crippen molar-refractivity contribution in [2.24, 2.45) is 4.99 Å². The van der Waals surface area contributed by atoms with E-state index >= 15 is 0 Å². The summed E-state index contributed by atoms with van der Waals surface area (Å²) in [7, 11) is 5.25. The molecule has 3 aromatic rings. The van der Waals surface area contributed by atoms with E-state index in [1.165, 1.54) is 10.9 Å².